The van der Waals surface area contributed by atoms with Gasteiger partial charge in [0.25, 0.3) is 0 Å². The highest BCUT2D eigenvalue weighted by molar-refractivity contribution is 6.34. The first-order valence-corrected chi connectivity index (χ1v) is 4.15. The second kappa shape index (κ2) is 4.16. The summed E-state index contributed by atoms with van der Waals surface area (Å²) >= 11 is 0. The molecule has 5 heteroatoms. The first-order valence-electron chi connectivity index (χ1n) is 4.15. The van der Waals surface area contributed by atoms with Crippen molar-refractivity contribution in [3.05, 3.63) is 35.4 Å². The van der Waals surface area contributed by atoms with Gasteiger partial charge in [-0.2, -0.15) is 0 Å². The Labute approximate surface area is 84.3 Å². The van der Waals surface area contributed by atoms with Crippen molar-refractivity contribution in [2.45, 2.75) is 12.8 Å². The van der Waals surface area contributed by atoms with Gasteiger partial charge in [0.2, 0.25) is 5.78 Å². The molecule has 0 spiro atoms. The highest BCUT2D eigenvalue weighted by Crippen LogP contribution is 2.18. The second-order valence-electron chi connectivity index (χ2n) is 3.09. The molecule has 0 heterocycles. The minimum Gasteiger partial charge on any atom is -0.475 e. The molecule has 0 saturated heterocycles. The maximum atomic E-state index is 12.8. The number of carbonyl (C=O) groups excluding carboxylic acids is 1. The van der Waals surface area contributed by atoms with E-state index in [2.05, 4.69) is 0 Å². The minimum absolute atomic E-state index is 0.0138. The second-order valence-corrected chi connectivity index (χ2v) is 3.09. The van der Waals surface area contributed by atoms with Gasteiger partial charge in [-0.15, -0.1) is 0 Å². The Balaban J connectivity index is 3.06. The summed E-state index contributed by atoms with van der Waals surface area (Å²) < 4.78 is 25.5. The Morgan fingerprint density at radius 2 is 1.67 bits per heavy atom. The van der Waals surface area contributed by atoms with Crippen molar-refractivity contribution in [1.29, 1.82) is 0 Å². The molecule has 1 aromatic carbocycles. The average molecular weight is 214 g/mol. The molecule has 0 aliphatic heterocycles. The first kappa shape index (κ1) is 11.3. The molecule has 0 saturated carbocycles. The standard InChI is InChI=1S/C10H8F2O3/c1-5(9(13)10(14)15)6-2-7(11)4-8(12)3-6/h2-5H,1H3,(H,14,15). The van der Waals surface area contributed by atoms with Gasteiger partial charge in [0.1, 0.15) is 11.6 Å². The first-order chi connectivity index (χ1) is 6.91. The monoisotopic (exact) mass is 214 g/mol. The summed E-state index contributed by atoms with van der Waals surface area (Å²) in [5.74, 6) is -5.45. The average Bonchev–Trinajstić information content (AvgIpc) is 2.13. The Bertz CT molecular complexity index is 395. The molecule has 0 aliphatic rings. The lowest BCUT2D eigenvalue weighted by Gasteiger charge is -2.07. The molecule has 1 atom stereocenters. The van der Waals surface area contributed by atoms with Crippen LogP contribution in [0, 0.1) is 11.6 Å². The number of halogens is 2. The van der Waals surface area contributed by atoms with E-state index in [4.69, 9.17) is 5.11 Å². The predicted molar refractivity (Wildman–Crippen MR) is 47.4 cm³/mol. The van der Waals surface area contributed by atoms with E-state index in [9.17, 15) is 18.4 Å². The van der Waals surface area contributed by atoms with E-state index >= 15 is 0 Å². The van der Waals surface area contributed by atoms with E-state index in [1.54, 1.807) is 0 Å². The van der Waals surface area contributed by atoms with Gasteiger partial charge in [-0.1, -0.05) is 6.92 Å². The van der Waals surface area contributed by atoms with Crippen LogP contribution in [0.2, 0.25) is 0 Å². The number of rotatable bonds is 3. The lowest BCUT2D eigenvalue weighted by atomic mass is 9.96. The molecular formula is C10H8F2O3. The van der Waals surface area contributed by atoms with Gasteiger partial charge in [-0.05, 0) is 17.7 Å². The van der Waals surface area contributed by atoms with Crippen molar-refractivity contribution in [1.82, 2.24) is 0 Å². The molecule has 1 unspecified atom stereocenters. The normalized spacial score (nSPS) is 12.2. The molecule has 0 aliphatic carbocycles. The van der Waals surface area contributed by atoms with Crippen LogP contribution in [-0.2, 0) is 9.59 Å². The zero-order valence-corrected chi connectivity index (χ0v) is 7.83. The third-order valence-corrected chi connectivity index (χ3v) is 1.99. The molecule has 1 N–H and O–H groups in total. The highest BCUT2D eigenvalue weighted by atomic mass is 19.1. The summed E-state index contributed by atoms with van der Waals surface area (Å²) in [5, 5.41) is 8.42. The zero-order valence-electron chi connectivity index (χ0n) is 7.83. The summed E-state index contributed by atoms with van der Waals surface area (Å²) in [7, 11) is 0. The fourth-order valence-corrected chi connectivity index (χ4v) is 1.16. The fraction of sp³-hybridized carbons (Fsp3) is 0.200. The lowest BCUT2D eigenvalue weighted by Crippen LogP contribution is -2.19. The van der Waals surface area contributed by atoms with Gasteiger partial charge >= 0.3 is 5.97 Å². The number of hydrogen-bond acceptors (Lipinski definition) is 2. The number of carbonyl (C=O) groups is 2. The maximum absolute atomic E-state index is 12.8. The Morgan fingerprint density at radius 1 is 1.20 bits per heavy atom. The zero-order chi connectivity index (χ0) is 11.6. The van der Waals surface area contributed by atoms with Crippen LogP contribution in [0.3, 0.4) is 0 Å². The van der Waals surface area contributed by atoms with E-state index in [1.807, 2.05) is 0 Å². The summed E-state index contributed by atoms with van der Waals surface area (Å²) in [4.78, 5) is 21.4. The third kappa shape index (κ3) is 2.59. The summed E-state index contributed by atoms with van der Waals surface area (Å²) in [6, 6.07) is 2.53. The van der Waals surface area contributed by atoms with Crippen molar-refractivity contribution in [3.63, 3.8) is 0 Å². The SMILES string of the molecule is CC(C(=O)C(=O)O)c1cc(F)cc(F)c1. The summed E-state index contributed by atoms with van der Waals surface area (Å²) in [6.07, 6.45) is 0. The van der Waals surface area contributed by atoms with Crippen LogP contribution in [-0.4, -0.2) is 16.9 Å². The van der Waals surface area contributed by atoms with E-state index < -0.39 is 29.3 Å². The quantitative estimate of drug-likeness (QED) is 0.779. The number of carboxylic acid groups (broad SMARTS) is 1. The molecule has 0 amide bonds. The van der Waals surface area contributed by atoms with Gasteiger partial charge in [0.05, 0.1) is 5.92 Å². The topological polar surface area (TPSA) is 54.4 Å². The number of Topliss-reactive ketones (excluding diaryl/α,β-unsaturated/α-hetero) is 1. The van der Waals surface area contributed by atoms with Crippen LogP contribution in [0.5, 0.6) is 0 Å². The largest absolute Gasteiger partial charge is 0.475 e. The van der Waals surface area contributed by atoms with Gasteiger partial charge in [-0.25, -0.2) is 13.6 Å². The van der Waals surface area contributed by atoms with Crippen molar-refractivity contribution < 1.29 is 23.5 Å². The molecule has 3 nitrogen and oxygen atoms in total. The molecule has 0 radical (unpaired) electrons. The molecule has 15 heavy (non-hydrogen) atoms. The van der Waals surface area contributed by atoms with Crippen molar-refractivity contribution >= 4 is 11.8 Å². The van der Waals surface area contributed by atoms with Gasteiger partial charge in [0.15, 0.2) is 0 Å². The minimum atomic E-state index is -1.62. The third-order valence-electron chi connectivity index (χ3n) is 1.99. The van der Waals surface area contributed by atoms with Crippen LogP contribution in [0.15, 0.2) is 18.2 Å². The number of carboxylic acids is 1. The number of aliphatic carboxylic acids is 1. The van der Waals surface area contributed by atoms with E-state index in [0.717, 1.165) is 12.1 Å². The molecule has 1 rings (SSSR count). The molecular weight excluding hydrogens is 206 g/mol. The summed E-state index contributed by atoms with van der Waals surface area (Å²) in [5.41, 5.74) is 0.0138. The van der Waals surface area contributed by atoms with Crippen molar-refractivity contribution in [2.24, 2.45) is 0 Å². The van der Waals surface area contributed by atoms with Gasteiger partial charge < -0.3 is 5.11 Å². The fourth-order valence-electron chi connectivity index (χ4n) is 1.16. The van der Waals surface area contributed by atoms with E-state index in [1.165, 1.54) is 6.92 Å². The molecule has 80 valence electrons. The van der Waals surface area contributed by atoms with Crippen molar-refractivity contribution in [3.8, 4) is 0 Å². The number of benzene rings is 1. The highest BCUT2D eigenvalue weighted by Gasteiger charge is 2.22. The smallest absolute Gasteiger partial charge is 0.372 e. The lowest BCUT2D eigenvalue weighted by molar-refractivity contribution is -0.149. The molecule has 0 fully saturated rings. The van der Waals surface area contributed by atoms with Crippen molar-refractivity contribution in [2.75, 3.05) is 0 Å². The van der Waals surface area contributed by atoms with E-state index in [0.29, 0.717) is 6.07 Å². The van der Waals surface area contributed by atoms with Crippen LogP contribution in [0.4, 0.5) is 8.78 Å². The molecule has 1 aromatic rings. The van der Waals surface area contributed by atoms with Crippen LogP contribution in [0.1, 0.15) is 18.4 Å². The predicted octanol–water partition coefficient (Wildman–Crippen LogP) is 1.72. The van der Waals surface area contributed by atoms with Gasteiger partial charge in [0, 0.05) is 6.07 Å². The molecule has 0 aromatic heterocycles. The van der Waals surface area contributed by atoms with E-state index in [-0.39, 0.29) is 5.56 Å². The Kier molecular flexibility index (Phi) is 3.14. The number of ketones is 1. The van der Waals surface area contributed by atoms with Gasteiger partial charge in [-0.3, -0.25) is 4.79 Å². The Hall–Kier alpha value is -1.78. The number of hydrogen-bond donors (Lipinski definition) is 1. The summed E-state index contributed by atoms with van der Waals surface area (Å²) in [6.45, 7) is 1.28. The maximum Gasteiger partial charge on any atom is 0.372 e. The van der Waals surface area contributed by atoms with Crippen LogP contribution >= 0.6 is 0 Å². The molecule has 0 bridgehead atoms. The Morgan fingerprint density at radius 3 is 2.07 bits per heavy atom. The van der Waals surface area contributed by atoms with Crippen LogP contribution in [0.25, 0.3) is 0 Å². The van der Waals surface area contributed by atoms with Crippen LogP contribution < -0.4 is 0 Å².